The number of rotatable bonds is 4. The number of hydrogen-bond donors (Lipinski definition) is 1. The molecule has 0 aromatic heterocycles. The van der Waals surface area contributed by atoms with Gasteiger partial charge in [0.15, 0.2) is 0 Å². The van der Waals surface area contributed by atoms with Crippen LogP contribution < -0.4 is 5.43 Å². The Morgan fingerprint density at radius 2 is 1.83 bits per heavy atom. The highest BCUT2D eigenvalue weighted by Crippen LogP contribution is 2.26. The molecule has 24 heavy (non-hydrogen) atoms. The van der Waals surface area contributed by atoms with Gasteiger partial charge >= 0.3 is 6.09 Å². The highest BCUT2D eigenvalue weighted by Gasteiger charge is 2.35. The van der Waals surface area contributed by atoms with Crippen molar-refractivity contribution in [3.05, 3.63) is 35.9 Å². The Morgan fingerprint density at radius 3 is 2.42 bits per heavy atom. The summed E-state index contributed by atoms with van der Waals surface area (Å²) in [4.78, 5) is 24.8. The smallest absolute Gasteiger partial charge is 0.426 e. The summed E-state index contributed by atoms with van der Waals surface area (Å²) in [5.41, 5.74) is 3.56. The Hall–Kier alpha value is -1.56. The zero-order valence-corrected chi connectivity index (χ0v) is 15.8. The molecule has 1 aliphatic rings. The summed E-state index contributed by atoms with van der Waals surface area (Å²) in [5.74, 6) is -0.161. The Kier molecular flexibility index (Phi) is 6.66. The molecule has 0 atom stereocenters. The van der Waals surface area contributed by atoms with E-state index in [9.17, 15) is 9.59 Å². The molecule has 5 nitrogen and oxygen atoms in total. The quantitative estimate of drug-likeness (QED) is 0.613. The van der Waals surface area contributed by atoms with Gasteiger partial charge in [-0.1, -0.05) is 65.5 Å². The van der Waals surface area contributed by atoms with Crippen LogP contribution in [-0.2, 0) is 16.1 Å². The van der Waals surface area contributed by atoms with Gasteiger partial charge in [-0.05, 0) is 32.3 Å². The van der Waals surface area contributed by atoms with Crippen molar-refractivity contribution in [1.29, 1.82) is 0 Å². The van der Waals surface area contributed by atoms with Gasteiger partial charge in [0, 0.05) is 0 Å². The number of hydrogen-bond acceptors (Lipinski definition) is 3. The fourth-order valence-corrected chi connectivity index (χ4v) is 2.98. The molecule has 2 rings (SSSR count). The topological polar surface area (TPSA) is 58.6 Å². The van der Waals surface area contributed by atoms with E-state index in [0.717, 1.165) is 31.2 Å². The lowest BCUT2D eigenvalue weighted by Gasteiger charge is -2.36. The molecule has 0 bridgehead atoms. The van der Waals surface area contributed by atoms with Gasteiger partial charge in [-0.2, -0.15) is 0 Å². The standard InChI is InChI=1S/C18H25BrN2O3/c1-18(2,19)16(22)21(15-11-7-4-8-12-15)20-17(23)24-13-14-9-5-3-6-10-14/h3,5-6,9-10,15H,4,7-8,11-13H2,1-2H3,(H,20,23). The molecule has 1 N–H and O–H groups in total. The molecule has 1 saturated carbocycles. The maximum Gasteiger partial charge on any atom is 0.426 e. The average Bonchev–Trinajstić information content (AvgIpc) is 2.58. The van der Waals surface area contributed by atoms with Crippen molar-refractivity contribution < 1.29 is 14.3 Å². The van der Waals surface area contributed by atoms with Crippen molar-refractivity contribution in [2.24, 2.45) is 0 Å². The minimum atomic E-state index is -0.739. The summed E-state index contributed by atoms with van der Waals surface area (Å²) in [6.45, 7) is 3.74. The van der Waals surface area contributed by atoms with Gasteiger partial charge in [-0.3, -0.25) is 4.79 Å². The van der Waals surface area contributed by atoms with Gasteiger partial charge < -0.3 is 4.74 Å². The van der Waals surface area contributed by atoms with Crippen LogP contribution in [0.3, 0.4) is 0 Å². The maximum absolute atomic E-state index is 12.7. The molecule has 2 amide bonds. The first kappa shape index (κ1) is 18.8. The summed E-state index contributed by atoms with van der Waals surface area (Å²) in [7, 11) is 0. The van der Waals surface area contributed by atoms with E-state index in [1.165, 1.54) is 11.4 Å². The van der Waals surface area contributed by atoms with E-state index < -0.39 is 10.4 Å². The van der Waals surface area contributed by atoms with Crippen LogP contribution in [-0.4, -0.2) is 27.4 Å². The zero-order valence-electron chi connectivity index (χ0n) is 14.3. The largest absolute Gasteiger partial charge is 0.443 e. The summed E-state index contributed by atoms with van der Waals surface area (Å²) in [6, 6.07) is 9.49. The van der Waals surface area contributed by atoms with Crippen LogP contribution in [0.4, 0.5) is 4.79 Å². The van der Waals surface area contributed by atoms with Crippen molar-refractivity contribution in [3.63, 3.8) is 0 Å². The van der Waals surface area contributed by atoms with E-state index in [0.29, 0.717) is 0 Å². The van der Waals surface area contributed by atoms with Crippen LogP contribution in [0.25, 0.3) is 0 Å². The Morgan fingerprint density at radius 1 is 1.21 bits per heavy atom. The normalized spacial score (nSPS) is 15.6. The molecule has 1 aliphatic carbocycles. The highest BCUT2D eigenvalue weighted by atomic mass is 79.9. The van der Waals surface area contributed by atoms with Crippen LogP contribution >= 0.6 is 15.9 Å². The molecule has 0 radical (unpaired) electrons. The van der Waals surface area contributed by atoms with Gasteiger partial charge in [-0.15, -0.1) is 0 Å². The fraction of sp³-hybridized carbons (Fsp3) is 0.556. The monoisotopic (exact) mass is 396 g/mol. The van der Waals surface area contributed by atoms with Crippen LogP contribution in [0.15, 0.2) is 30.3 Å². The second-order valence-electron chi connectivity index (χ2n) is 6.61. The van der Waals surface area contributed by atoms with Crippen molar-refractivity contribution in [2.45, 2.75) is 62.9 Å². The molecule has 0 spiro atoms. The van der Waals surface area contributed by atoms with Gasteiger partial charge in [0.1, 0.15) is 10.9 Å². The maximum atomic E-state index is 12.7. The average molecular weight is 397 g/mol. The summed E-state index contributed by atoms with van der Waals surface area (Å²) < 4.78 is 4.51. The minimum absolute atomic E-state index is 0.0207. The van der Waals surface area contributed by atoms with Crippen LogP contribution in [0.2, 0.25) is 0 Å². The third-order valence-corrected chi connectivity index (χ3v) is 4.43. The summed E-state index contributed by atoms with van der Waals surface area (Å²) in [6.07, 6.45) is 4.50. The molecule has 0 aliphatic heterocycles. The molecule has 1 fully saturated rings. The number of amides is 2. The van der Waals surface area contributed by atoms with E-state index in [-0.39, 0.29) is 18.6 Å². The lowest BCUT2D eigenvalue weighted by atomic mass is 9.94. The number of nitrogens with zero attached hydrogens (tertiary/aromatic N) is 1. The van der Waals surface area contributed by atoms with Gasteiger partial charge in [0.05, 0.1) is 6.04 Å². The van der Waals surface area contributed by atoms with Crippen molar-refractivity contribution in [2.75, 3.05) is 0 Å². The number of hydrazine groups is 1. The van der Waals surface area contributed by atoms with Gasteiger partial charge in [0.2, 0.25) is 0 Å². The molecule has 1 aromatic rings. The Balaban J connectivity index is 1.98. The van der Waals surface area contributed by atoms with E-state index in [1.54, 1.807) is 13.8 Å². The third kappa shape index (κ3) is 5.51. The van der Waals surface area contributed by atoms with Crippen molar-refractivity contribution in [1.82, 2.24) is 10.4 Å². The number of carbonyl (C=O) groups excluding carboxylic acids is 2. The number of alkyl halides is 1. The Labute approximate surface area is 151 Å². The molecule has 132 valence electrons. The molecule has 6 heteroatoms. The van der Waals surface area contributed by atoms with Crippen LogP contribution in [0.5, 0.6) is 0 Å². The second-order valence-corrected chi connectivity index (χ2v) is 8.60. The lowest BCUT2D eigenvalue weighted by Crippen LogP contribution is -2.56. The molecule has 0 saturated heterocycles. The van der Waals surface area contributed by atoms with Gasteiger partial charge in [0.25, 0.3) is 5.91 Å². The molecule has 0 unspecified atom stereocenters. The van der Waals surface area contributed by atoms with Crippen LogP contribution in [0, 0.1) is 0 Å². The predicted octanol–water partition coefficient (Wildman–Crippen LogP) is 4.16. The third-order valence-electron chi connectivity index (χ3n) is 4.09. The second kappa shape index (κ2) is 8.51. The molecule has 0 heterocycles. The first-order valence-corrected chi connectivity index (χ1v) is 9.17. The van der Waals surface area contributed by atoms with E-state index in [1.807, 2.05) is 30.3 Å². The lowest BCUT2D eigenvalue weighted by molar-refractivity contribution is -0.139. The molecular formula is C18H25BrN2O3. The summed E-state index contributed by atoms with van der Waals surface area (Å²) >= 11 is 3.39. The molecular weight excluding hydrogens is 372 g/mol. The molecule has 1 aromatic carbocycles. The first-order valence-electron chi connectivity index (χ1n) is 8.38. The first-order chi connectivity index (χ1) is 11.4. The fourth-order valence-electron chi connectivity index (χ4n) is 2.79. The van der Waals surface area contributed by atoms with Gasteiger partial charge in [-0.25, -0.2) is 15.2 Å². The number of nitrogens with one attached hydrogen (secondary N) is 1. The number of ether oxygens (including phenoxy) is 1. The zero-order chi connectivity index (χ0) is 17.6. The highest BCUT2D eigenvalue weighted by molar-refractivity contribution is 9.10. The van der Waals surface area contributed by atoms with E-state index >= 15 is 0 Å². The van der Waals surface area contributed by atoms with Crippen molar-refractivity contribution in [3.8, 4) is 0 Å². The number of halogens is 1. The predicted molar refractivity (Wildman–Crippen MR) is 96.5 cm³/mol. The van der Waals surface area contributed by atoms with Crippen LogP contribution in [0.1, 0.15) is 51.5 Å². The Bertz CT molecular complexity index is 551. The summed E-state index contributed by atoms with van der Waals surface area (Å²) in [5, 5.41) is 1.46. The number of benzene rings is 1. The van der Waals surface area contributed by atoms with E-state index in [2.05, 4.69) is 21.4 Å². The van der Waals surface area contributed by atoms with E-state index in [4.69, 9.17) is 4.74 Å². The SMILES string of the molecule is CC(C)(Br)C(=O)N(NC(=O)OCc1ccccc1)C1CCCCC1. The van der Waals surface area contributed by atoms with Crippen molar-refractivity contribution >= 4 is 27.9 Å². The number of carbonyl (C=O) groups is 2. The minimum Gasteiger partial charge on any atom is -0.443 e.